The van der Waals surface area contributed by atoms with Gasteiger partial charge in [0.1, 0.15) is 18.3 Å². The van der Waals surface area contributed by atoms with Gasteiger partial charge in [0.05, 0.1) is 27.2 Å². The minimum absolute atomic E-state index is 0.0134. The molecule has 0 bridgehead atoms. The van der Waals surface area contributed by atoms with Gasteiger partial charge in [-0.05, 0) is 93.9 Å². The Morgan fingerprint density at radius 1 is 0.902 bits per heavy atom. The first-order valence-electron chi connectivity index (χ1n) is 12.9. The molecule has 0 saturated heterocycles. The monoisotopic (exact) mass is 639 g/mol. The van der Waals surface area contributed by atoms with E-state index in [1.54, 1.807) is 49.4 Å². The van der Waals surface area contributed by atoms with Crippen LogP contribution in [0.5, 0.6) is 5.75 Å². The first kappa shape index (κ1) is 32.5. The lowest BCUT2D eigenvalue weighted by Crippen LogP contribution is -2.52. The summed E-state index contributed by atoms with van der Waals surface area (Å²) in [6, 6.07) is 15.8. The van der Waals surface area contributed by atoms with Gasteiger partial charge < -0.3 is 15.0 Å². The van der Waals surface area contributed by atoms with E-state index in [9.17, 15) is 18.0 Å². The topological polar surface area (TPSA) is 96.0 Å². The molecule has 3 aromatic rings. The Balaban J connectivity index is 2.04. The van der Waals surface area contributed by atoms with Crippen LogP contribution in [-0.2, 0) is 26.2 Å². The van der Waals surface area contributed by atoms with Crippen LogP contribution in [0.25, 0.3) is 0 Å². The Kier molecular flexibility index (Phi) is 11.3. The molecule has 3 aromatic carbocycles. The number of halogens is 3. The second-order valence-corrected chi connectivity index (χ2v) is 12.6. The number of anilines is 1. The zero-order valence-corrected chi connectivity index (χ0v) is 26.2. The molecule has 0 aliphatic heterocycles. The molecule has 0 aliphatic rings. The summed E-state index contributed by atoms with van der Waals surface area (Å²) < 4.78 is 34.2. The number of sulfonamides is 1. The zero-order chi connectivity index (χ0) is 30.3. The van der Waals surface area contributed by atoms with E-state index in [0.29, 0.717) is 28.0 Å². The maximum atomic E-state index is 14.0. The van der Waals surface area contributed by atoms with Gasteiger partial charge in [-0.3, -0.25) is 13.9 Å². The van der Waals surface area contributed by atoms with Gasteiger partial charge in [0, 0.05) is 17.6 Å². The van der Waals surface area contributed by atoms with Gasteiger partial charge in [-0.2, -0.15) is 0 Å². The van der Waals surface area contributed by atoms with Crippen molar-refractivity contribution in [3.8, 4) is 5.75 Å². The van der Waals surface area contributed by atoms with E-state index in [4.69, 9.17) is 39.5 Å². The molecule has 0 fully saturated rings. The third-order valence-corrected chi connectivity index (χ3v) is 8.83. The van der Waals surface area contributed by atoms with E-state index in [0.717, 1.165) is 4.31 Å². The minimum Gasteiger partial charge on any atom is -0.494 e. The second kappa shape index (κ2) is 14.3. The molecule has 8 nitrogen and oxygen atoms in total. The van der Waals surface area contributed by atoms with Gasteiger partial charge in [-0.25, -0.2) is 8.42 Å². The number of hydrogen-bond donors (Lipinski definition) is 1. The molecule has 3 rings (SSSR count). The normalized spacial score (nSPS) is 12.1. The fourth-order valence-electron chi connectivity index (χ4n) is 3.96. The van der Waals surface area contributed by atoms with Crippen LogP contribution >= 0.6 is 34.8 Å². The Morgan fingerprint density at radius 3 is 2.10 bits per heavy atom. The Hall–Kier alpha value is -2.98. The van der Waals surface area contributed by atoms with E-state index in [1.807, 2.05) is 20.8 Å². The van der Waals surface area contributed by atoms with E-state index in [2.05, 4.69) is 5.32 Å². The molecule has 0 radical (unpaired) electrons. The van der Waals surface area contributed by atoms with Gasteiger partial charge in [0.15, 0.2) is 0 Å². The first-order valence-corrected chi connectivity index (χ1v) is 15.5. The number of benzene rings is 3. The van der Waals surface area contributed by atoms with Crippen LogP contribution in [0.15, 0.2) is 71.6 Å². The van der Waals surface area contributed by atoms with Crippen molar-refractivity contribution in [2.24, 2.45) is 0 Å². The Morgan fingerprint density at radius 2 is 1.54 bits per heavy atom. The Bertz CT molecular complexity index is 1470. The summed E-state index contributed by atoms with van der Waals surface area (Å²) in [6.45, 7) is 6.87. The maximum Gasteiger partial charge on any atom is 0.264 e. The molecular formula is C29H32Cl3N3O5S. The number of rotatable bonds is 12. The quantitative estimate of drug-likeness (QED) is 0.255. The van der Waals surface area contributed by atoms with Crippen molar-refractivity contribution in [2.75, 3.05) is 17.5 Å². The number of carbonyl (C=O) groups excluding carboxylic acids is 2. The largest absolute Gasteiger partial charge is 0.494 e. The lowest BCUT2D eigenvalue weighted by atomic mass is 10.1. The smallest absolute Gasteiger partial charge is 0.264 e. The molecule has 0 unspecified atom stereocenters. The summed E-state index contributed by atoms with van der Waals surface area (Å²) in [5, 5.41) is 3.81. The van der Waals surface area contributed by atoms with Crippen molar-refractivity contribution in [1.29, 1.82) is 0 Å². The molecular weight excluding hydrogens is 609 g/mol. The van der Waals surface area contributed by atoms with Gasteiger partial charge in [0.2, 0.25) is 11.8 Å². The molecule has 1 atom stereocenters. The predicted molar refractivity (Wildman–Crippen MR) is 163 cm³/mol. The molecule has 12 heteroatoms. The summed E-state index contributed by atoms with van der Waals surface area (Å²) in [6.07, 6.45) is 0. The third-order valence-electron chi connectivity index (χ3n) is 6.05. The average Bonchev–Trinajstić information content (AvgIpc) is 2.92. The number of ether oxygens (including phenoxy) is 1. The average molecular weight is 641 g/mol. The molecule has 220 valence electrons. The van der Waals surface area contributed by atoms with Crippen LogP contribution in [0.4, 0.5) is 5.69 Å². The van der Waals surface area contributed by atoms with Crippen LogP contribution in [0.2, 0.25) is 15.1 Å². The van der Waals surface area contributed by atoms with Crippen molar-refractivity contribution in [3.63, 3.8) is 0 Å². The Labute approximate surface area is 256 Å². The van der Waals surface area contributed by atoms with Crippen LogP contribution < -0.4 is 14.4 Å². The zero-order valence-electron chi connectivity index (χ0n) is 23.1. The highest BCUT2D eigenvalue weighted by atomic mass is 35.5. The SMILES string of the molecule is CCOc1ccc(N(CC(=O)N(Cc2ccc(Cl)c(Cl)c2)[C@H](C)C(=O)NC(C)C)S(=O)(=O)c2ccc(Cl)cc2)cc1. The summed E-state index contributed by atoms with van der Waals surface area (Å²) >= 11 is 18.3. The van der Waals surface area contributed by atoms with Gasteiger partial charge in [0.25, 0.3) is 10.0 Å². The highest BCUT2D eigenvalue weighted by Gasteiger charge is 2.32. The fraction of sp³-hybridized carbons (Fsp3) is 0.310. The third kappa shape index (κ3) is 8.52. The lowest BCUT2D eigenvalue weighted by molar-refractivity contribution is -0.139. The van der Waals surface area contributed by atoms with E-state index in [1.165, 1.54) is 29.2 Å². The van der Waals surface area contributed by atoms with Crippen molar-refractivity contribution < 1.29 is 22.7 Å². The van der Waals surface area contributed by atoms with Crippen LogP contribution in [0, 0.1) is 0 Å². The summed E-state index contributed by atoms with van der Waals surface area (Å²) in [5.74, 6) is -0.442. The number of nitrogens with zero attached hydrogens (tertiary/aromatic N) is 2. The summed E-state index contributed by atoms with van der Waals surface area (Å²) in [7, 11) is -4.23. The maximum absolute atomic E-state index is 14.0. The van der Waals surface area contributed by atoms with Crippen LogP contribution in [-0.4, -0.2) is 50.4 Å². The summed E-state index contributed by atoms with van der Waals surface area (Å²) in [4.78, 5) is 28.2. The molecule has 2 amide bonds. The van der Waals surface area contributed by atoms with Crippen LogP contribution in [0.1, 0.15) is 33.3 Å². The van der Waals surface area contributed by atoms with Crippen molar-refractivity contribution >= 4 is 62.3 Å². The van der Waals surface area contributed by atoms with Gasteiger partial charge >= 0.3 is 0 Å². The molecule has 1 N–H and O–H groups in total. The molecule has 0 heterocycles. The van der Waals surface area contributed by atoms with Crippen molar-refractivity contribution in [3.05, 3.63) is 87.4 Å². The lowest BCUT2D eigenvalue weighted by Gasteiger charge is -2.32. The number of amides is 2. The van der Waals surface area contributed by atoms with Crippen LogP contribution in [0.3, 0.4) is 0 Å². The minimum atomic E-state index is -4.23. The van der Waals surface area contributed by atoms with E-state index in [-0.39, 0.29) is 34.1 Å². The number of nitrogens with one attached hydrogen (secondary N) is 1. The molecule has 0 spiro atoms. The fourth-order valence-corrected chi connectivity index (χ4v) is 5.82. The standard InChI is InChI=1S/C29H32Cl3N3O5S/c1-5-40-24-11-9-23(10-12-24)35(41(38,39)25-13-7-22(30)8-14-25)18-28(36)34(20(4)29(37)33-19(2)3)17-21-6-15-26(31)27(32)16-21/h6-16,19-20H,5,17-18H2,1-4H3,(H,33,37)/t20-/m1/s1. The second-order valence-electron chi connectivity index (χ2n) is 9.50. The predicted octanol–water partition coefficient (Wildman–Crippen LogP) is 6.18. The van der Waals surface area contributed by atoms with Gasteiger partial charge in [-0.1, -0.05) is 40.9 Å². The number of hydrogen-bond acceptors (Lipinski definition) is 5. The molecule has 41 heavy (non-hydrogen) atoms. The van der Waals surface area contributed by atoms with Crippen molar-refractivity contribution in [1.82, 2.24) is 10.2 Å². The molecule has 0 aromatic heterocycles. The number of carbonyl (C=O) groups is 2. The van der Waals surface area contributed by atoms with E-state index < -0.39 is 28.5 Å². The first-order chi connectivity index (χ1) is 19.3. The van der Waals surface area contributed by atoms with Gasteiger partial charge in [-0.15, -0.1) is 0 Å². The highest BCUT2D eigenvalue weighted by Crippen LogP contribution is 2.28. The molecule has 0 saturated carbocycles. The van der Waals surface area contributed by atoms with E-state index >= 15 is 0 Å². The highest BCUT2D eigenvalue weighted by molar-refractivity contribution is 7.92. The van der Waals surface area contributed by atoms with Crippen molar-refractivity contribution in [2.45, 2.75) is 51.2 Å². The summed E-state index contributed by atoms with van der Waals surface area (Å²) in [5.41, 5.74) is 0.857. The molecule has 0 aliphatic carbocycles.